The minimum atomic E-state index is 0.0901. The largest absolute Gasteiger partial charge is 0.361 e. The van der Waals surface area contributed by atoms with Gasteiger partial charge in [-0.2, -0.15) is 5.10 Å². The van der Waals surface area contributed by atoms with Crippen LogP contribution in [0.1, 0.15) is 81.7 Å². The normalized spacial score (nSPS) is 30.6. The molecule has 2 saturated carbocycles. The number of amides is 1. The van der Waals surface area contributed by atoms with Gasteiger partial charge in [-0.3, -0.25) is 9.48 Å². The van der Waals surface area contributed by atoms with Gasteiger partial charge in [-0.15, -0.1) is 0 Å². The Morgan fingerprint density at radius 3 is 2.73 bits per heavy atom. The molecule has 1 saturated heterocycles. The number of hydrogen-bond acceptors (Lipinski definition) is 5. The molecule has 0 radical (unpaired) electrons. The average Bonchev–Trinajstić information content (AvgIpc) is 3.23. The molecule has 3 heterocycles. The van der Waals surface area contributed by atoms with Crippen molar-refractivity contribution in [2.24, 2.45) is 18.9 Å². The van der Waals surface area contributed by atoms with Crippen LogP contribution in [-0.4, -0.2) is 51.4 Å². The Balaban J connectivity index is 1.04. The molecule has 1 N–H and O–H groups in total. The van der Waals surface area contributed by atoms with Gasteiger partial charge >= 0.3 is 0 Å². The van der Waals surface area contributed by atoms with Crippen molar-refractivity contribution in [3.05, 3.63) is 35.5 Å². The third-order valence-electron chi connectivity index (χ3n) is 8.45. The lowest BCUT2D eigenvalue weighted by Crippen LogP contribution is -2.38. The maximum Gasteiger partial charge on any atom is 0.224 e. The van der Waals surface area contributed by atoms with Crippen molar-refractivity contribution in [2.75, 3.05) is 19.6 Å². The van der Waals surface area contributed by atoms with Crippen LogP contribution in [0.3, 0.4) is 0 Å². The van der Waals surface area contributed by atoms with Crippen molar-refractivity contribution in [2.45, 2.75) is 82.6 Å². The van der Waals surface area contributed by atoms with Gasteiger partial charge in [-0.1, -0.05) is 19.0 Å². The van der Waals surface area contributed by atoms with Crippen LogP contribution in [0.2, 0.25) is 0 Å². The summed E-state index contributed by atoms with van der Waals surface area (Å²) in [7, 11) is 1.88. The molecule has 3 aliphatic rings. The molecule has 7 nitrogen and oxygen atoms in total. The number of aromatic nitrogens is 3. The molecule has 3 fully saturated rings. The topological polar surface area (TPSA) is 76.2 Å². The highest BCUT2D eigenvalue weighted by molar-refractivity contribution is 5.78. The summed E-state index contributed by atoms with van der Waals surface area (Å²) in [6.07, 6.45) is 12.5. The summed E-state index contributed by atoms with van der Waals surface area (Å²) >= 11 is 0. The van der Waals surface area contributed by atoms with Crippen LogP contribution in [0.15, 0.2) is 23.0 Å². The smallest absolute Gasteiger partial charge is 0.224 e. The van der Waals surface area contributed by atoms with Gasteiger partial charge in [0.25, 0.3) is 0 Å². The SMILES string of the molecule is C[C@H]1CN(CCC2CCC(NC(=O)Cc3cnn(C)c3)CC2)C[C@]1(C)c1cc(C2CC2)on1. The number of carbonyl (C=O) groups excluding carboxylic acids is 1. The van der Waals surface area contributed by atoms with Crippen LogP contribution in [-0.2, 0) is 23.7 Å². The number of aryl methyl sites for hydroxylation is 1. The summed E-state index contributed by atoms with van der Waals surface area (Å²) in [5.74, 6) is 3.20. The molecule has 33 heavy (non-hydrogen) atoms. The monoisotopic (exact) mass is 453 g/mol. The van der Waals surface area contributed by atoms with Crippen LogP contribution in [0.4, 0.5) is 0 Å². The second-order valence-electron chi connectivity index (χ2n) is 11.2. The Hall–Kier alpha value is -2.15. The van der Waals surface area contributed by atoms with E-state index in [1.54, 1.807) is 10.9 Å². The number of rotatable bonds is 8. The van der Waals surface area contributed by atoms with Crippen molar-refractivity contribution in [3.8, 4) is 0 Å². The number of carbonyl (C=O) groups is 1. The molecular formula is C26H39N5O2. The molecule has 5 rings (SSSR count). The van der Waals surface area contributed by atoms with Crippen molar-refractivity contribution in [3.63, 3.8) is 0 Å². The molecular weight excluding hydrogens is 414 g/mol. The molecule has 180 valence electrons. The highest BCUT2D eigenvalue weighted by Gasteiger charge is 2.44. The molecule has 2 aliphatic carbocycles. The maximum atomic E-state index is 12.4. The third-order valence-corrected chi connectivity index (χ3v) is 8.45. The first-order valence-corrected chi connectivity index (χ1v) is 12.9. The van der Waals surface area contributed by atoms with Crippen molar-refractivity contribution in [1.82, 2.24) is 25.2 Å². The lowest BCUT2D eigenvalue weighted by Gasteiger charge is -2.30. The predicted molar refractivity (Wildman–Crippen MR) is 127 cm³/mol. The highest BCUT2D eigenvalue weighted by atomic mass is 16.5. The molecule has 0 unspecified atom stereocenters. The van der Waals surface area contributed by atoms with Crippen LogP contribution in [0.5, 0.6) is 0 Å². The second-order valence-corrected chi connectivity index (χ2v) is 11.2. The fraction of sp³-hybridized carbons (Fsp3) is 0.731. The molecule has 0 bridgehead atoms. The van der Waals surface area contributed by atoms with E-state index in [0.29, 0.717) is 24.3 Å². The van der Waals surface area contributed by atoms with E-state index in [0.717, 1.165) is 55.4 Å². The zero-order valence-corrected chi connectivity index (χ0v) is 20.4. The third kappa shape index (κ3) is 5.18. The van der Waals surface area contributed by atoms with Gasteiger partial charge in [-0.05, 0) is 68.9 Å². The summed E-state index contributed by atoms with van der Waals surface area (Å²) in [5, 5.41) is 11.9. The zero-order valence-electron chi connectivity index (χ0n) is 20.4. The molecule has 7 heteroatoms. The summed E-state index contributed by atoms with van der Waals surface area (Å²) in [4.78, 5) is 15.0. The van der Waals surface area contributed by atoms with Crippen LogP contribution in [0.25, 0.3) is 0 Å². The second kappa shape index (κ2) is 9.24. The number of hydrogen-bond donors (Lipinski definition) is 1. The highest BCUT2D eigenvalue weighted by Crippen LogP contribution is 2.44. The van der Waals surface area contributed by atoms with E-state index in [-0.39, 0.29) is 11.3 Å². The van der Waals surface area contributed by atoms with E-state index >= 15 is 0 Å². The predicted octanol–water partition coefficient (Wildman–Crippen LogP) is 3.80. The number of nitrogens with one attached hydrogen (secondary N) is 1. The fourth-order valence-corrected chi connectivity index (χ4v) is 5.88. The Kier molecular flexibility index (Phi) is 6.34. The van der Waals surface area contributed by atoms with Crippen molar-refractivity contribution < 1.29 is 9.32 Å². The van der Waals surface area contributed by atoms with Gasteiger partial charge in [0.2, 0.25) is 5.91 Å². The molecule has 2 aromatic rings. The molecule has 1 amide bonds. The van der Waals surface area contributed by atoms with Gasteiger partial charge in [0.1, 0.15) is 5.76 Å². The first-order chi connectivity index (χ1) is 15.9. The van der Waals surface area contributed by atoms with Gasteiger partial charge < -0.3 is 14.7 Å². The van der Waals surface area contributed by atoms with Crippen LogP contribution < -0.4 is 5.32 Å². The van der Waals surface area contributed by atoms with E-state index in [4.69, 9.17) is 4.52 Å². The zero-order chi connectivity index (χ0) is 23.0. The number of likely N-dealkylation sites (tertiary alicyclic amines) is 1. The van der Waals surface area contributed by atoms with Gasteiger partial charge in [0.15, 0.2) is 0 Å². The summed E-state index contributed by atoms with van der Waals surface area (Å²) in [6, 6.07) is 2.56. The molecule has 1 aliphatic heterocycles. The van der Waals surface area contributed by atoms with Crippen LogP contribution >= 0.6 is 0 Å². The molecule has 2 atom stereocenters. The molecule has 0 aromatic carbocycles. The van der Waals surface area contributed by atoms with E-state index in [1.165, 1.54) is 32.1 Å². The Labute approximate surface area is 197 Å². The van der Waals surface area contributed by atoms with Crippen LogP contribution in [0, 0.1) is 11.8 Å². The van der Waals surface area contributed by atoms with E-state index in [2.05, 4.69) is 40.4 Å². The minimum Gasteiger partial charge on any atom is -0.361 e. The fourth-order valence-electron chi connectivity index (χ4n) is 5.88. The Morgan fingerprint density at radius 2 is 2.03 bits per heavy atom. The lowest BCUT2D eigenvalue weighted by molar-refractivity contribution is -0.121. The Morgan fingerprint density at radius 1 is 1.24 bits per heavy atom. The van der Waals surface area contributed by atoms with E-state index in [9.17, 15) is 4.79 Å². The van der Waals surface area contributed by atoms with Gasteiger partial charge in [-0.25, -0.2) is 0 Å². The maximum absolute atomic E-state index is 12.4. The molecule has 2 aromatic heterocycles. The molecule has 0 spiro atoms. The first kappa shape index (κ1) is 22.6. The standard InChI is InChI=1S/C26H39N5O2/c1-18-15-31(17-26(18,2)24-13-23(33-29-24)21-6-7-21)11-10-19-4-8-22(9-5-19)28-25(32)12-20-14-27-30(3)16-20/h13-14,16,18-19,21-22H,4-12,15,17H2,1-3H3,(H,28,32)/t18-,19?,22?,26-/m0/s1. The van der Waals surface area contributed by atoms with Crippen molar-refractivity contribution in [1.29, 1.82) is 0 Å². The summed E-state index contributed by atoms with van der Waals surface area (Å²) < 4.78 is 7.42. The summed E-state index contributed by atoms with van der Waals surface area (Å²) in [6.45, 7) is 8.11. The van der Waals surface area contributed by atoms with Gasteiger partial charge in [0, 0.05) is 49.8 Å². The number of nitrogens with zero attached hydrogens (tertiary/aromatic N) is 4. The summed E-state index contributed by atoms with van der Waals surface area (Å²) in [5.41, 5.74) is 2.22. The quantitative estimate of drug-likeness (QED) is 0.658. The van der Waals surface area contributed by atoms with Crippen molar-refractivity contribution >= 4 is 5.91 Å². The van der Waals surface area contributed by atoms with Gasteiger partial charge in [0.05, 0.1) is 18.3 Å². The minimum absolute atomic E-state index is 0.0901. The van der Waals surface area contributed by atoms with E-state index < -0.39 is 0 Å². The average molecular weight is 454 g/mol. The lowest BCUT2D eigenvalue weighted by atomic mass is 9.78. The Bertz CT molecular complexity index is 956. The first-order valence-electron chi connectivity index (χ1n) is 12.9. The van der Waals surface area contributed by atoms with E-state index in [1.807, 2.05) is 13.2 Å².